The number of benzene rings is 2. The van der Waals surface area contributed by atoms with Gasteiger partial charge in [-0.1, -0.05) is 24.3 Å². The van der Waals surface area contributed by atoms with Gasteiger partial charge in [-0.3, -0.25) is 9.78 Å². The van der Waals surface area contributed by atoms with Gasteiger partial charge in [0.15, 0.2) is 6.10 Å². The van der Waals surface area contributed by atoms with Crippen molar-refractivity contribution in [3.8, 4) is 5.75 Å². The van der Waals surface area contributed by atoms with E-state index in [1.54, 1.807) is 37.4 Å². The Morgan fingerprint density at radius 1 is 1.24 bits per heavy atom. The van der Waals surface area contributed by atoms with Crippen LogP contribution in [0.5, 0.6) is 5.75 Å². The lowest BCUT2D eigenvalue weighted by molar-refractivity contribution is -0.127. The number of rotatable bonds is 5. The van der Waals surface area contributed by atoms with Crippen molar-refractivity contribution in [2.24, 2.45) is 5.10 Å². The minimum atomic E-state index is -0.758. The standard InChI is InChI=1S/C19H16FN3O2/c1-13(19(24)23-22-12-15-5-2-3-7-17(15)20)25-16-8-9-18-14(11-16)6-4-10-21-18/h2-13H,1H3,(H,23,24)/b22-12+. The average Bonchev–Trinajstić information content (AvgIpc) is 2.63. The van der Waals surface area contributed by atoms with Gasteiger partial charge < -0.3 is 4.74 Å². The van der Waals surface area contributed by atoms with Crippen LogP contribution in [0, 0.1) is 5.82 Å². The second kappa shape index (κ2) is 7.53. The van der Waals surface area contributed by atoms with Crippen molar-refractivity contribution in [1.82, 2.24) is 10.4 Å². The van der Waals surface area contributed by atoms with Gasteiger partial charge >= 0.3 is 0 Å². The number of hydrazone groups is 1. The number of hydrogen-bond acceptors (Lipinski definition) is 4. The monoisotopic (exact) mass is 337 g/mol. The van der Waals surface area contributed by atoms with Gasteiger partial charge in [-0.15, -0.1) is 0 Å². The lowest BCUT2D eigenvalue weighted by atomic mass is 10.2. The fourth-order valence-corrected chi connectivity index (χ4v) is 2.22. The van der Waals surface area contributed by atoms with Crippen LogP contribution in [0.4, 0.5) is 4.39 Å². The number of carbonyl (C=O) groups is 1. The van der Waals surface area contributed by atoms with Gasteiger partial charge in [0.05, 0.1) is 11.7 Å². The topological polar surface area (TPSA) is 63.6 Å². The summed E-state index contributed by atoms with van der Waals surface area (Å²) in [5.41, 5.74) is 3.48. The lowest BCUT2D eigenvalue weighted by Gasteiger charge is -2.13. The molecule has 0 fully saturated rings. The summed E-state index contributed by atoms with van der Waals surface area (Å²) in [4.78, 5) is 16.3. The largest absolute Gasteiger partial charge is 0.481 e. The van der Waals surface area contributed by atoms with E-state index < -0.39 is 17.8 Å². The van der Waals surface area contributed by atoms with Crippen LogP contribution in [-0.2, 0) is 4.79 Å². The minimum absolute atomic E-state index is 0.290. The van der Waals surface area contributed by atoms with Gasteiger partial charge in [0, 0.05) is 17.1 Å². The highest BCUT2D eigenvalue weighted by molar-refractivity contribution is 5.85. The summed E-state index contributed by atoms with van der Waals surface area (Å²) in [7, 11) is 0. The molecule has 1 unspecified atom stereocenters. The molecule has 6 heteroatoms. The molecule has 0 radical (unpaired) electrons. The molecule has 1 heterocycles. The van der Waals surface area contributed by atoms with Gasteiger partial charge in [0.2, 0.25) is 0 Å². The fraction of sp³-hybridized carbons (Fsp3) is 0.105. The first-order valence-electron chi connectivity index (χ1n) is 7.72. The quantitative estimate of drug-likeness (QED) is 0.574. The average molecular weight is 337 g/mol. The van der Waals surface area contributed by atoms with Crippen LogP contribution in [0.1, 0.15) is 12.5 Å². The predicted molar refractivity (Wildman–Crippen MR) is 94.0 cm³/mol. The molecular weight excluding hydrogens is 321 g/mol. The molecule has 0 aliphatic rings. The van der Waals surface area contributed by atoms with E-state index in [-0.39, 0.29) is 0 Å². The van der Waals surface area contributed by atoms with Crippen molar-refractivity contribution < 1.29 is 13.9 Å². The highest BCUT2D eigenvalue weighted by Gasteiger charge is 2.14. The molecule has 0 saturated carbocycles. The van der Waals surface area contributed by atoms with Crippen molar-refractivity contribution in [1.29, 1.82) is 0 Å². The second-order valence-corrected chi connectivity index (χ2v) is 5.37. The second-order valence-electron chi connectivity index (χ2n) is 5.37. The third kappa shape index (κ3) is 4.17. The van der Waals surface area contributed by atoms with E-state index >= 15 is 0 Å². The van der Waals surface area contributed by atoms with Crippen molar-refractivity contribution >= 4 is 23.0 Å². The number of ether oxygens (including phenoxy) is 1. The number of fused-ring (bicyclic) bond motifs is 1. The van der Waals surface area contributed by atoms with Crippen LogP contribution in [-0.4, -0.2) is 23.2 Å². The summed E-state index contributed by atoms with van der Waals surface area (Å²) in [6.45, 7) is 1.61. The van der Waals surface area contributed by atoms with Crippen molar-refractivity contribution in [2.45, 2.75) is 13.0 Å². The Kier molecular flexibility index (Phi) is 4.99. The molecule has 1 atom stereocenters. The van der Waals surface area contributed by atoms with E-state index in [0.717, 1.165) is 10.9 Å². The summed E-state index contributed by atoms with van der Waals surface area (Å²) < 4.78 is 19.1. The summed E-state index contributed by atoms with van der Waals surface area (Å²) in [5.74, 6) is -0.283. The molecule has 25 heavy (non-hydrogen) atoms. The molecule has 0 saturated heterocycles. The highest BCUT2D eigenvalue weighted by Crippen LogP contribution is 2.19. The van der Waals surface area contributed by atoms with Crippen molar-refractivity contribution in [3.63, 3.8) is 0 Å². The van der Waals surface area contributed by atoms with Gasteiger partial charge in [-0.2, -0.15) is 5.10 Å². The van der Waals surface area contributed by atoms with Crippen LogP contribution in [0.2, 0.25) is 0 Å². The molecule has 3 aromatic rings. The number of pyridine rings is 1. The van der Waals surface area contributed by atoms with Crippen LogP contribution in [0.3, 0.4) is 0 Å². The number of hydrogen-bond donors (Lipinski definition) is 1. The van der Waals surface area contributed by atoms with Gasteiger partial charge in [0.1, 0.15) is 11.6 Å². The van der Waals surface area contributed by atoms with Gasteiger partial charge in [0.25, 0.3) is 5.91 Å². The first-order valence-corrected chi connectivity index (χ1v) is 7.72. The first kappa shape index (κ1) is 16.6. The van der Waals surface area contributed by atoms with Crippen LogP contribution in [0.25, 0.3) is 10.9 Å². The highest BCUT2D eigenvalue weighted by atomic mass is 19.1. The van der Waals surface area contributed by atoms with E-state index in [4.69, 9.17) is 4.74 Å². The number of amides is 1. The predicted octanol–water partition coefficient (Wildman–Crippen LogP) is 3.29. The molecule has 0 aliphatic heterocycles. The summed E-state index contributed by atoms with van der Waals surface area (Å²) in [6, 6.07) is 15.3. The van der Waals surface area contributed by atoms with E-state index in [0.29, 0.717) is 11.3 Å². The van der Waals surface area contributed by atoms with Crippen LogP contribution in [0.15, 0.2) is 65.9 Å². The number of nitrogens with zero attached hydrogens (tertiary/aromatic N) is 2. The minimum Gasteiger partial charge on any atom is -0.481 e. The van der Waals surface area contributed by atoms with Gasteiger partial charge in [-0.25, -0.2) is 9.82 Å². The zero-order valence-electron chi connectivity index (χ0n) is 13.5. The van der Waals surface area contributed by atoms with E-state index in [1.807, 2.05) is 24.3 Å². The summed E-state index contributed by atoms with van der Waals surface area (Å²) in [6.07, 6.45) is 2.21. The smallest absolute Gasteiger partial charge is 0.280 e. The Hall–Kier alpha value is -3.28. The molecule has 3 rings (SSSR count). The normalized spacial score (nSPS) is 12.2. The molecule has 0 spiro atoms. The molecule has 5 nitrogen and oxygen atoms in total. The molecule has 126 valence electrons. The summed E-state index contributed by atoms with van der Waals surface area (Å²) in [5, 5.41) is 4.68. The van der Waals surface area contributed by atoms with E-state index in [2.05, 4.69) is 15.5 Å². The number of nitrogens with one attached hydrogen (secondary N) is 1. The van der Waals surface area contributed by atoms with E-state index in [1.165, 1.54) is 12.3 Å². The summed E-state index contributed by atoms with van der Waals surface area (Å²) >= 11 is 0. The third-order valence-corrected chi connectivity index (χ3v) is 3.54. The number of aromatic nitrogens is 1. The fourth-order valence-electron chi connectivity index (χ4n) is 2.22. The molecule has 1 N–H and O–H groups in total. The van der Waals surface area contributed by atoms with Crippen molar-refractivity contribution in [3.05, 3.63) is 72.2 Å². The van der Waals surface area contributed by atoms with Crippen molar-refractivity contribution in [2.75, 3.05) is 0 Å². The molecule has 0 aliphatic carbocycles. The molecule has 0 bridgehead atoms. The maximum Gasteiger partial charge on any atom is 0.280 e. The first-order chi connectivity index (χ1) is 12.1. The Morgan fingerprint density at radius 2 is 2.08 bits per heavy atom. The zero-order chi connectivity index (χ0) is 17.6. The molecule has 1 aromatic heterocycles. The van der Waals surface area contributed by atoms with Gasteiger partial charge in [-0.05, 0) is 37.3 Å². The lowest BCUT2D eigenvalue weighted by Crippen LogP contribution is -2.33. The SMILES string of the molecule is CC(Oc1ccc2ncccc2c1)C(=O)N/N=C/c1ccccc1F. The maximum atomic E-state index is 13.5. The Morgan fingerprint density at radius 3 is 2.92 bits per heavy atom. The number of carbonyl (C=O) groups excluding carboxylic acids is 1. The van der Waals surface area contributed by atoms with Crippen LogP contribution >= 0.6 is 0 Å². The van der Waals surface area contributed by atoms with Crippen LogP contribution < -0.4 is 10.2 Å². The van der Waals surface area contributed by atoms with E-state index in [9.17, 15) is 9.18 Å². The third-order valence-electron chi connectivity index (χ3n) is 3.54. The molecule has 1 amide bonds. The Balaban J connectivity index is 1.61. The maximum absolute atomic E-state index is 13.5. The number of halogens is 1. The Labute approximate surface area is 144 Å². The molecular formula is C19H16FN3O2. The Bertz CT molecular complexity index is 927. The molecule has 2 aromatic carbocycles. The zero-order valence-corrected chi connectivity index (χ0v) is 13.5.